The zero-order chi connectivity index (χ0) is 18.0. The number of rotatable bonds is 3. The maximum Gasteiger partial charge on any atom is 0.291 e. The molecule has 1 aliphatic rings. The van der Waals surface area contributed by atoms with Crippen LogP contribution in [0.5, 0.6) is 0 Å². The van der Waals surface area contributed by atoms with E-state index in [2.05, 4.69) is 5.32 Å². The summed E-state index contributed by atoms with van der Waals surface area (Å²) in [6, 6.07) is 8.57. The van der Waals surface area contributed by atoms with Crippen LogP contribution < -0.4 is 5.32 Å². The van der Waals surface area contributed by atoms with Crippen LogP contribution >= 0.6 is 0 Å². The predicted octanol–water partition coefficient (Wildman–Crippen LogP) is 3.09. The number of carbonyl (C=O) groups is 2. The molecule has 1 aromatic carbocycles. The molecule has 3 rings (SSSR count). The molecular weight excluding hydrogens is 320 g/mol. The summed E-state index contributed by atoms with van der Waals surface area (Å²) in [5.74, 6) is -0.172. The first kappa shape index (κ1) is 17.2. The predicted molar refractivity (Wildman–Crippen MR) is 93.8 cm³/mol. The van der Waals surface area contributed by atoms with Crippen molar-refractivity contribution in [2.24, 2.45) is 0 Å². The molecule has 1 N–H and O–H groups in total. The van der Waals surface area contributed by atoms with Crippen LogP contribution in [-0.4, -0.2) is 42.0 Å². The Morgan fingerprint density at radius 2 is 1.88 bits per heavy atom. The molecular formula is C19H22N2O4. The van der Waals surface area contributed by atoms with Crippen LogP contribution in [0.2, 0.25) is 0 Å². The van der Waals surface area contributed by atoms with Gasteiger partial charge < -0.3 is 19.4 Å². The topological polar surface area (TPSA) is 71.8 Å². The van der Waals surface area contributed by atoms with Crippen LogP contribution in [-0.2, 0) is 4.74 Å². The number of nitrogens with zero attached hydrogens (tertiary/aromatic N) is 1. The molecule has 2 unspecified atom stereocenters. The van der Waals surface area contributed by atoms with Gasteiger partial charge in [0.1, 0.15) is 0 Å². The largest absolute Gasteiger partial charge is 0.459 e. The molecule has 0 radical (unpaired) electrons. The summed E-state index contributed by atoms with van der Waals surface area (Å²) in [5, 5.41) is 2.80. The highest BCUT2D eigenvalue weighted by atomic mass is 16.5. The maximum absolute atomic E-state index is 12.8. The highest BCUT2D eigenvalue weighted by Gasteiger charge is 2.27. The Bertz CT molecular complexity index is 760. The molecule has 0 aliphatic carbocycles. The lowest BCUT2D eigenvalue weighted by Gasteiger charge is -2.35. The lowest BCUT2D eigenvalue weighted by atomic mass is 10.1. The van der Waals surface area contributed by atoms with Gasteiger partial charge in [-0.05, 0) is 50.6 Å². The van der Waals surface area contributed by atoms with Crippen molar-refractivity contribution < 1.29 is 18.7 Å². The molecule has 2 atom stereocenters. The second-order valence-electron chi connectivity index (χ2n) is 6.43. The number of aryl methyl sites for hydroxylation is 1. The number of hydrogen-bond acceptors (Lipinski definition) is 4. The fraction of sp³-hybridized carbons (Fsp3) is 0.368. The normalized spacial score (nSPS) is 20.4. The molecule has 1 saturated heterocycles. The first-order valence-corrected chi connectivity index (χ1v) is 8.34. The number of morpholine rings is 1. The number of ether oxygens (including phenoxy) is 1. The molecule has 2 heterocycles. The Kier molecular flexibility index (Phi) is 4.90. The van der Waals surface area contributed by atoms with Gasteiger partial charge >= 0.3 is 0 Å². The molecule has 2 amide bonds. The Labute approximate surface area is 146 Å². The number of anilines is 1. The monoisotopic (exact) mass is 342 g/mol. The van der Waals surface area contributed by atoms with Crippen molar-refractivity contribution in [2.75, 3.05) is 18.4 Å². The second-order valence-corrected chi connectivity index (χ2v) is 6.43. The molecule has 25 heavy (non-hydrogen) atoms. The van der Waals surface area contributed by atoms with E-state index in [1.165, 1.54) is 6.26 Å². The van der Waals surface area contributed by atoms with E-state index in [1.807, 2.05) is 26.8 Å². The van der Waals surface area contributed by atoms with Crippen LogP contribution in [0, 0.1) is 6.92 Å². The van der Waals surface area contributed by atoms with Gasteiger partial charge in [0.15, 0.2) is 5.76 Å². The third-order valence-electron chi connectivity index (χ3n) is 4.18. The molecule has 2 aromatic rings. The van der Waals surface area contributed by atoms with Crippen molar-refractivity contribution in [1.82, 2.24) is 4.90 Å². The van der Waals surface area contributed by atoms with E-state index in [-0.39, 0.29) is 29.8 Å². The number of nitrogens with one attached hydrogen (secondary N) is 1. The molecule has 6 heteroatoms. The molecule has 1 aliphatic heterocycles. The highest BCUT2D eigenvalue weighted by molar-refractivity contribution is 6.03. The quantitative estimate of drug-likeness (QED) is 0.930. The molecule has 6 nitrogen and oxygen atoms in total. The van der Waals surface area contributed by atoms with Crippen molar-refractivity contribution in [3.05, 3.63) is 53.5 Å². The smallest absolute Gasteiger partial charge is 0.291 e. The lowest BCUT2D eigenvalue weighted by molar-refractivity contribution is -0.0586. The molecule has 0 spiro atoms. The van der Waals surface area contributed by atoms with E-state index >= 15 is 0 Å². The zero-order valence-electron chi connectivity index (χ0n) is 14.6. The minimum absolute atomic E-state index is 0.0104. The van der Waals surface area contributed by atoms with Gasteiger partial charge in [0, 0.05) is 24.3 Å². The fourth-order valence-corrected chi connectivity index (χ4v) is 3.01. The van der Waals surface area contributed by atoms with Gasteiger partial charge in [-0.1, -0.05) is 6.07 Å². The summed E-state index contributed by atoms with van der Waals surface area (Å²) >= 11 is 0. The van der Waals surface area contributed by atoms with E-state index in [9.17, 15) is 9.59 Å². The number of amides is 2. The van der Waals surface area contributed by atoms with Crippen molar-refractivity contribution in [3.8, 4) is 0 Å². The van der Waals surface area contributed by atoms with Crippen LogP contribution in [0.1, 0.15) is 40.3 Å². The summed E-state index contributed by atoms with van der Waals surface area (Å²) in [6.45, 7) is 6.92. The second kappa shape index (κ2) is 7.11. The fourth-order valence-electron chi connectivity index (χ4n) is 3.01. The average molecular weight is 342 g/mol. The summed E-state index contributed by atoms with van der Waals surface area (Å²) in [5.41, 5.74) is 2.02. The number of carbonyl (C=O) groups excluding carboxylic acids is 2. The summed E-state index contributed by atoms with van der Waals surface area (Å²) < 4.78 is 10.8. The summed E-state index contributed by atoms with van der Waals surface area (Å²) in [4.78, 5) is 26.8. The van der Waals surface area contributed by atoms with E-state index in [1.54, 1.807) is 29.2 Å². The number of furan rings is 1. The van der Waals surface area contributed by atoms with Gasteiger partial charge in [-0.15, -0.1) is 0 Å². The number of benzene rings is 1. The van der Waals surface area contributed by atoms with E-state index in [4.69, 9.17) is 9.15 Å². The Morgan fingerprint density at radius 3 is 2.52 bits per heavy atom. The van der Waals surface area contributed by atoms with Crippen LogP contribution in [0.25, 0.3) is 0 Å². The molecule has 0 bridgehead atoms. The standard InChI is InChI=1S/C19H22N2O4/c1-12-6-7-15(19(23)21-10-13(2)25-14(3)11-21)9-16(12)20-18(22)17-5-4-8-24-17/h4-9,13-14H,10-11H2,1-3H3,(H,20,22). The van der Waals surface area contributed by atoms with Gasteiger partial charge in [-0.2, -0.15) is 0 Å². The highest BCUT2D eigenvalue weighted by Crippen LogP contribution is 2.21. The van der Waals surface area contributed by atoms with Crippen molar-refractivity contribution in [2.45, 2.75) is 33.0 Å². The first-order valence-electron chi connectivity index (χ1n) is 8.34. The Hall–Kier alpha value is -2.60. The minimum atomic E-state index is -0.341. The summed E-state index contributed by atoms with van der Waals surface area (Å²) in [7, 11) is 0. The third-order valence-corrected chi connectivity index (χ3v) is 4.18. The SMILES string of the molecule is Cc1ccc(C(=O)N2CC(C)OC(C)C2)cc1NC(=O)c1ccco1. The van der Waals surface area contributed by atoms with E-state index < -0.39 is 0 Å². The molecule has 1 aromatic heterocycles. The van der Waals surface area contributed by atoms with Gasteiger partial charge in [-0.3, -0.25) is 9.59 Å². The molecule has 132 valence electrons. The van der Waals surface area contributed by atoms with Crippen molar-refractivity contribution in [3.63, 3.8) is 0 Å². The molecule has 1 fully saturated rings. The third kappa shape index (κ3) is 3.91. The first-order chi connectivity index (χ1) is 11.9. The van der Waals surface area contributed by atoms with Gasteiger partial charge in [0.25, 0.3) is 11.8 Å². The Morgan fingerprint density at radius 1 is 1.16 bits per heavy atom. The van der Waals surface area contributed by atoms with E-state index in [0.29, 0.717) is 24.3 Å². The Balaban J connectivity index is 1.79. The van der Waals surface area contributed by atoms with Gasteiger partial charge in [-0.25, -0.2) is 0 Å². The van der Waals surface area contributed by atoms with Gasteiger partial charge in [0.05, 0.1) is 18.5 Å². The van der Waals surface area contributed by atoms with E-state index in [0.717, 1.165) is 5.56 Å². The lowest BCUT2D eigenvalue weighted by Crippen LogP contribution is -2.48. The zero-order valence-corrected chi connectivity index (χ0v) is 14.6. The summed E-state index contributed by atoms with van der Waals surface area (Å²) in [6.07, 6.45) is 1.47. The maximum atomic E-state index is 12.8. The van der Waals surface area contributed by atoms with Gasteiger partial charge in [0.2, 0.25) is 0 Å². The molecule has 0 saturated carbocycles. The van der Waals surface area contributed by atoms with Crippen LogP contribution in [0.15, 0.2) is 41.0 Å². The van der Waals surface area contributed by atoms with Crippen LogP contribution in [0.4, 0.5) is 5.69 Å². The number of hydrogen-bond donors (Lipinski definition) is 1. The van der Waals surface area contributed by atoms with Crippen molar-refractivity contribution in [1.29, 1.82) is 0 Å². The average Bonchev–Trinajstić information content (AvgIpc) is 3.10. The van der Waals surface area contributed by atoms with Crippen molar-refractivity contribution >= 4 is 17.5 Å². The van der Waals surface area contributed by atoms with Crippen LogP contribution in [0.3, 0.4) is 0 Å². The minimum Gasteiger partial charge on any atom is -0.459 e.